The van der Waals surface area contributed by atoms with Gasteiger partial charge in [-0.05, 0) is 36.4 Å². The number of fused-ring (bicyclic) bond motifs is 1. The van der Waals surface area contributed by atoms with Crippen molar-refractivity contribution >= 4 is 28.9 Å². The Hall–Kier alpha value is -4.40. The molecule has 3 aromatic carbocycles. The van der Waals surface area contributed by atoms with Crippen molar-refractivity contribution < 1.29 is 24.4 Å². The molecule has 3 aromatic rings. The highest BCUT2D eigenvalue weighted by molar-refractivity contribution is 6.12. The van der Waals surface area contributed by atoms with Crippen molar-refractivity contribution in [1.29, 1.82) is 0 Å². The fourth-order valence-electron chi connectivity index (χ4n) is 3.41. The predicted molar refractivity (Wildman–Crippen MR) is 112 cm³/mol. The van der Waals surface area contributed by atoms with Crippen molar-refractivity contribution in [2.24, 2.45) is 0 Å². The number of carbonyl (C=O) groups excluding carboxylic acids is 1. The Morgan fingerprint density at radius 1 is 1.10 bits per heavy atom. The Bertz CT molecular complexity index is 1160. The van der Waals surface area contributed by atoms with E-state index in [1.54, 1.807) is 60.7 Å². The first kappa shape index (κ1) is 19.9. The van der Waals surface area contributed by atoms with Gasteiger partial charge in [0, 0.05) is 29.1 Å². The number of nitro groups is 1. The molecular formula is C22H17N3O6. The molecule has 0 saturated carbocycles. The van der Waals surface area contributed by atoms with Gasteiger partial charge in [0.05, 0.1) is 10.5 Å². The smallest absolute Gasteiger partial charge is 0.341 e. The number of nitrogens with one attached hydrogen (secondary N) is 1. The van der Waals surface area contributed by atoms with E-state index in [2.05, 4.69) is 5.32 Å². The number of nitro benzene ring substituents is 1. The van der Waals surface area contributed by atoms with Crippen LogP contribution in [0, 0.1) is 10.1 Å². The van der Waals surface area contributed by atoms with Gasteiger partial charge in [-0.15, -0.1) is 0 Å². The second kappa shape index (κ2) is 8.15. The summed E-state index contributed by atoms with van der Waals surface area (Å²) in [4.78, 5) is 36.3. The van der Waals surface area contributed by atoms with Gasteiger partial charge >= 0.3 is 5.97 Å². The molecule has 0 bridgehead atoms. The van der Waals surface area contributed by atoms with Crippen molar-refractivity contribution in [1.82, 2.24) is 0 Å². The van der Waals surface area contributed by atoms with E-state index in [0.29, 0.717) is 28.3 Å². The highest BCUT2D eigenvalue weighted by atomic mass is 16.6. The zero-order valence-corrected chi connectivity index (χ0v) is 16.1. The first-order valence-corrected chi connectivity index (χ1v) is 9.32. The maximum Gasteiger partial charge on any atom is 0.341 e. The summed E-state index contributed by atoms with van der Waals surface area (Å²) in [6.45, 7) is -0.479. The number of amides is 1. The number of carbonyl (C=O) groups is 2. The number of aliphatic carboxylic acids is 1. The summed E-state index contributed by atoms with van der Waals surface area (Å²) in [5, 5.41) is 23.3. The normalized spacial score (nSPS) is 15.0. The molecule has 9 heteroatoms. The largest absolute Gasteiger partial charge is 0.482 e. The van der Waals surface area contributed by atoms with E-state index < -0.39 is 23.7 Å². The van der Waals surface area contributed by atoms with Crippen LogP contribution in [0.5, 0.6) is 5.75 Å². The van der Waals surface area contributed by atoms with Gasteiger partial charge in [-0.1, -0.05) is 24.3 Å². The number of rotatable bonds is 6. The number of anilines is 2. The maximum absolute atomic E-state index is 13.4. The number of carboxylic acids is 1. The Morgan fingerprint density at radius 2 is 1.84 bits per heavy atom. The van der Waals surface area contributed by atoms with Gasteiger partial charge in [-0.25, -0.2) is 4.79 Å². The third-order valence-corrected chi connectivity index (χ3v) is 4.80. The topological polar surface area (TPSA) is 122 Å². The lowest BCUT2D eigenvalue weighted by molar-refractivity contribution is -0.384. The number of carboxylic acid groups (broad SMARTS) is 1. The van der Waals surface area contributed by atoms with Gasteiger partial charge in [0.25, 0.3) is 11.6 Å². The minimum Gasteiger partial charge on any atom is -0.482 e. The number of non-ortho nitro benzene ring substituents is 1. The van der Waals surface area contributed by atoms with E-state index in [4.69, 9.17) is 9.84 Å². The fraction of sp³-hybridized carbons (Fsp3) is 0.0909. The molecule has 0 spiro atoms. The van der Waals surface area contributed by atoms with Crippen molar-refractivity contribution in [3.8, 4) is 5.75 Å². The first-order valence-electron chi connectivity index (χ1n) is 9.32. The molecule has 1 aliphatic heterocycles. The predicted octanol–water partition coefficient (Wildman–Crippen LogP) is 3.83. The third kappa shape index (κ3) is 4.01. The summed E-state index contributed by atoms with van der Waals surface area (Å²) >= 11 is 0. The van der Waals surface area contributed by atoms with Crippen LogP contribution in [0.15, 0.2) is 72.8 Å². The highest BCUT2D eigenvalue weighted by Gasteiger charge is 2.34. The molecule has 0 fully saturated rings. The number of para-hydroxylation sites is 1. The SMILES string of the molecule is O=C(O)COc1ccc(N2C(=O)c3ccccc3N[C@@H]2c2cccc([N+](=O)[O-])c2)cc1. The zero-order valence-electron chi connectivity index (χ0n) is 16.1. The number of ether oxygens (including phenoxy) is 1. The summed E-state index contributed by atoms with van der Waals surface area (Å²) < 4.78 is 5.15. The molecule has 31 heavy (non-hydrogen) atoms. The molecule has 0 radical (unpaired) electrons. The van der Waals surface area contributed by atoms with E-state index >= 15 is 0 Å². The van der Waals surface area contributed by atoms with Crippen LogP contribution in [0.25, 0.3) is 0 Å². The number of nitrogens with zero attached hydrogens (tertiary/aromatic N) is 2. The highest BCUT2D eigenvalue weighted by Crippen LogP contribution is 2.37. The van der Waals surface area contributed by atoms with Gasteiger partial charge < -0.3 is 15.2 Å². The quantitative estimate of drug-likeness (QED) is 0.460. The summed E-state index contributed by atoms with van der Waals surface area (Å²) in [7, 11) is 0. The Kier molecular flexibility index (Phi) is 5.23. The van der Waals surface area contributed by atoms with E-state index in [-0.39, 0.29) is 11.6 Å². The lowest BCUT2D eigenvalue weighted by atomic mass is 10.0. The Balaban J connectivity index is 1.75. The summed E-state index contributed by atoms with van der Waals surface area (Å²) in [5.41, 5.74) is 2.08. The van der Waals surface area contributed by atoms with Crippen molar-refractivity contribution in [3.63, 3.8) is 0 Å². The molecule has 2 N–H and O–H groups in total. The van der Waals surface area contributed by atoms with Crippen molar-refractivity contribution in [2.45, 2.75) is 6.17 Å². The number of benzene rings is 3. The zero-order chi connectivity index (χ0) is 22.0. The molecule has 9 nitrogen and oxygen atoms in total. The van der Waals surface area contributed by atoms with Crippen molar-refractivity contribution in [2.75, 3.05) is 16.8 Å². The molecule has 1 heterocycles. The summed E-state index contributed by atoms with van der Waals surface area (Å²) in [6.07, 6.45) is -0.687. The first-order chi connectivity index (χ1) is 14.9. The molecule has 1 atom stereocenters. The molecule has 0 unspecified atom stereocenters. The van der Waals surface area contributed by atoms with Gasteiger partial charge in [0.15, 0.2) is 6.61 Å². The van der Waals surface area contributed by atoms with Gasteiger partial charge in [0.1, 0.15) is 11.9 Å². The second-order valence-electron chi connectivity index (χ2n) is 6.80. The maximum atomic E-state index is 13.4. The van der Waals surface area contributed by atoms with Gasteiger partial charge in [-0.2, -0.15) is 0 Å². The molecule has 0 saturated heterocycles. The molecule has 4 rings (SSSR count). The Morgan fingerprint density at radius 3 is 2.55 bits per heavy atom. The lowest BCUT2D eigenvalue weighted by Gasteiger charge is -2.38. The fourth-order valence-corrected chi connectivity index (χ4v) is 3.41. The molecular weight excluding hydrogens is 402 g/mol. The lowest BCUT2D eigenvalue weighted by Crippen LogP contribution is -2.43. The molecule has 0 aromatic heterocycles. The standard InChI is InChI=1S/C22H17N3O6/c26-20(27)13-31-17-10-8-15(9-11-17)24-21(14-4-3-5-16(12-14)25(29)30)23-19-7-2-1-6-18(19)22(24)28/h1-12,21,23H,13H2,(H,26,27)/t21-/m0/s1. The average molecular weight is 419 g/mol. The number of hydrogen-bond acceptors (Lipinski definition) is 6. The van der Waals surface area contributed by atoms with Crippen LogP contribution in [-0.2, 0) is 4.79 Å². The van der Waals surface area contributed by atoms with E-state index in [9.17, 15) is 19.7 Å². The van der Waals surface area contributed by atoms with Gasteiger partial charge in [0.2, 0.25) is 0 Å². The third-order valence-electron chi connectivity index (χ3n) is 4.80. The van der Waals surface area contributed by atoms with Crippen molar-refractivity contribution in [3.05, 3.63) is 94.0 Å². The van der Waals surface area contributed by atoms with Crippen LogP contribution in [0.1, 0.15) is 22.1 Å². The van der Waals surface area contributed by atoms with Crippen LogP contribution in [-0.4, -0.2) is 28.5 Å². The molecule has 156 valence electrons. The molecule has 0 aliphatic carbocycles. The van der Waals surface area contributed by atoms with E-state index in [1.165, 1.54) is 17.0 Å². The van der Waals surface area contributed by atoms with Crippen LogP contribution in [0.2, 0.25) is 0 Å². The van der Waals surface area contributed by atoms with Crippen LogP contribution in [0.3, 0.4) is 0 Å². The minimum atomic E-state index is -1.10. The van der Waals surface area contributed by atoms with Crippen LogP contribution < -0.4 is 15.0 Å². The van der Waals surface area contributed by atoms with Crippen LogP contribution >= 0.6 is 0 Å². The molecule has 1 amide bonds. The summed E-state index contributed by atoms with van der Waals surface area (Å²) in [6, 6.07) is 19.5. The Labute approximate surface area is 176 Å². The van der Waals surface area contributed by atoms with Gasteiger partial charge in [-0.3, -0.25) is 19.8 Å². The second-order valence-corrected chi connectivity index (χ2v) is 6.80. The number of hydrogen-bond donors (Lipinski definition) is 2. The molecule has 1 aliphatic rings. The summed E-state index contributed by atoms with van der Waals surface area (Å²) in [5.74, 6) is -1.03. The van der Waals surface area contributed by atoms with E-state index in [0.717, 1.165) is 0 Å². The monoisotopic (exact) mass is 419 g/mol. The van der Waals surface area contributed by atoms with Crippen LogP contribution in [0.4, 0.5) is 17.1 Å². The minimum absolute atomic E-state index is 0.0806. The van der Waals surface area contributed by atoms with E-state index in [1.807, 2.05) is 0 Å². The average Bonchev–Trinajstić information content (AvgIpc) is 2.78.